The number of hydrogen-bond donors (Lipinski definition) is 0. The Morgan fingerprint density at radius 2 is 1.57 bits per heavy atom. The monoisotopic (exact) mass is 284 g/mol. The third-order valence-corrected chi connectivity index (χ3v) is 2.72. The van der Waals surface area contributed by atoms with Crippen LogP contribution in [0.5, 0.6) is 12.0 Å². The smallest absolute Gasteiger partial charge is 0.324 e. The van der Waals surface area contributed by atoms with Crippen LogP contribution in [0.25, 0.3) is 17.2 Å². The maximum absolute atomic E-state index is 5.01. The van der Waals surface area contributed by atoms with E-state index in [0.717, 1.165) is 5.56 Å². The second-order valence-electron chi connectivity index (χ2n) is 4.02. The van der Waals surface area contributed by atoms with Crippen molar-refractivity contribution in [3.8, 4) is 29.2 Å². The van der Waals surface area contributed by atoms with Gasteiger partial charge in [-0.25, -0.2) is 0 Å². The van der Waals surface area contributed by atoms with Gasteiger partial charge >= 0.3 is 12.0 Å². The Hall–Kier alpha value is -3.03. The summed E-state index contributed by atoms with van der Waals surface area (Å²) in [6, 6.07) is 10.00. The van der Waals surface area contributed by atoms with E-state index in [9.17, 15) is 0 Å². The molecule has 0 fully saturated rings. The van der Waals surface area contributed by atoms with Gasteiger partial charge in [-0.05, 0) is 0 Å². The molecule has 0 saturated carbocycles. The molecule has 0 radical (unpaired) electrons. The Morgan fingerprint density at radius 3 is 2.19 bits per heavy atom. The molecule has 0 saturated heterocycles. The summed E-state index contributed by atoms with van der Waals surface area (Å²) in [6.07, 6.45) is 1.73. The molecular formula is C13H12N6O2. The summed E-state index contributed by atoms with van der Waals surface area (Å²) in [5.41, 5.74) is 1.67. The van der Waals surface area contributed by atoms with Crippen molar-refractivity contribution in [2.45, 2.75) is 0 Å². The number of aromatic nitrogens is 6. The molecule has 0 amide bonds. The highest BCUT2D eigenvalue weighted by molar-refractivity contribution is 5.57. The number of methoxy groups -OCH3 is 2. The van der Waals surface area contributed by atoms with Crippen LogP contribution < -0.4 is 9.47 Å². The van der Waals surface area contributed by atoms with Crippen molar-refractivity contribution in [3.05, 3.63) is 36.5 Å². The summed E-state index contributed by atoms with van der Waals surface area (Å²) >= 11 is 0. The highest BCUT2D eigenvalue weighted by atomic mass is 16.5. The molecule has 0 aliphatic rings. The first kappa shape index (κ1) is 13.0. The second-order valence-corrected chi connectivity index (χ2v) is 4.02. The summed E-state index contributed by atoms with van der Waals surface area (Å²) in [5.74, 6) is 0.272. The van der Waals surface area contributed by atoms with Gasteiger partial charge < -0.3 is 9.47 Å². The topological polar surface area (TPSA) is 87.8 Å². The Bertz CT molecular complexity index is 721. The Morgan fingerprint density at radius 1 is 0.905 bits per heavy atom. The van der Waals surface area contributed by atoms with Gasteiger partial charge in [0.15, 0.2) is 0 Å². The van der Waals surface area contributed by atoms with Crippen LogP contribution in [0.3, 0.4) is 0 Å². The standard InChI is InChI=1S/C13H12N6O2/c1-20-12-14-11(15-13(16-12)21-2)19-8-10(17-18-19)9-6-4-3-5-7-9/h3-8H,1-2H3. The fourth-order valence-corrected chi connectivity index (χ4v) is 1.72. The lowest BCUT2D eigenvalue weighted by Gasteiger charge is -2.03. The highest BCUT2D eigenvalue weighted by Crippen LogP contribution is 2.17. The molecule has 8 nitrogen and oxygen atoms in total. The van der Waals surface area contributed by atoms with Gasteiger partial charge in [-0.3, -0.25) is 0 Å². The summed E-state index contributed by atoms with van der Waals surface area (Å²) in [5, 5.41) is 8.12. The van der Waals surface area contributed by atoms with E-state index in [-0.39, 0.29) is 18.0 Å². The zero-order chi connectivity index (χ0) is 14.7. The van der Waals surface area contributed by atoms with E-state index in [0.29, 0.717) is 5.69 Å². The van der Waals surface area contributed by atoms with Gasteiger partial charge in [-0.1, -0.05) is 35.5 Å². The molecule has 106 valence electrons. The first-order chi connectivity index (χ1) is 10.3. The van der Waals surface area contributed by atoms with Crippen molar-refractivity contribution in [2.75, 3.05) is 14.2 Å². The van der Waals surface area contributed by atoms with E-state index in [1.807, 2.05) is 30.3 Å². The Balaban J connectivity index is 2.00. The van der Waals surface area contributed by atoms with Gasteiger partial charge in [0, 0.05) is 5.56 Å². The van der Waals surface area contributed by atoms with E-state index in [4.69, 9.17) is 9.47 Å². The molecule has 0 N–H and O–H groups in total. The molecule has 0 aliphatic heterocycles. The normalized spacial score (nSPS) is 10.4. The quantitative estimate of drug-likeness (QED) is 0.709. The van der Waals surface area contributed by atoms with Crippen molar-refractivity contribution in [1.82, 2.24) is 29.9 Å². The molecule has 0 atom stereocenters. The number of nitrogens with zero attached hydrogens (tertiary/aromatic N) is 6. The summed E-state index contributed by atoms with van der Waals surface area (Å²) in [4.78, 5) is 12.2. The maximum atomic E-state index is 5.01. The fraction of sp³-hybridized carbons (Fsp3) is 0.154. The lowest BCUT2D eigenvalue weighted by Crippen LogP contribution is -2.07. The SMILES string of the molecule is COc1nc(OC)nc(-n2cc(-c3ccccc3)nn2)n1. The zero-order valence-electron chi connectivity index (χ0n) is 11.5. The van der Waals surface area contributed by atoms with Crippen LogP contribution in [0.15, 0.2) is 36.5 Å². The third-order valence-electron chi connectivity index (χ3n) is 2.72. The van der Waals surface area contributed by atoms with Crippen LogP contribution in [0, 0.1) is 0 Å². The summed E-state index contributed by atoms with van der Waals surface area (Å²) < 4.78 is 11.5. The van der Waals surface area contributed by atoms with E-state index in [2.05, 4.69) is 25.3 Å². The number of rotatable bonds is 4. The number of benzene rings is 1. The summed E-state index contributed by atoms with van der Waals surface area (Å²) in [6.45, 7) is 0. The van der Waals surface area contributed by atoms with Crippen LogP contribution in [-0.2, 0) is 0 Å². The van der Waals surface area contributed by atoms with Crippen molar-refractivity contribution in [2.24, 2.45) is 0 Å². The largest absolute Gasteiger partial charge is 0.467 e. The molecule has 0 bridgehead atoms. The molecule has 21 heavy (non-hydrogen) atoms. The second kappa shape index (κ2) is 5.53. The van der Waals surface area contributed by atoms with E-state index in [1.54, 1.807) is 6.20 Å². The maximum Gasteiger partial charge on any atom is 0.324 e. The van der Waals surface area contributed by atoms with Crippen molar-refractivity contribution in [1.29, 1.82) is 0 Å². The molecule has 2 heterocycles. The van der Waals surface area contributed by atoms with Crippen LogP contribution in [-0.4, -0.2) is 44.2 Å². The lowest BCUT2D eigenvalue weighted by molar-refractivity contribution is 0.338. The van der Waals surface area contributed by atoms with Crippen LogP contribution in [0.2, 0.25) is 0 Å². The minimum absolute atomic E-state index is 0.147. The highest BCUT2D eigenvalue weighted by Gasteiger charge is 2.11. The molecule has 3 aromatic rings. The minimum Gasteiger partial charge on any atom is -0.467 e. The van der Waals surface area contributed by atoms with Crippen LogP contribution in [0.4, 0.5) is 0 Å². The molecule has 8 heteroatoms. The average molecular weight is 284 g/mol. The van der Waals surface area contributed by atoms with E-state index in [1.165, 1.54) is 18.9 Å². The van der Waals surface area contributed by atoms with Gasteiger partial charge in [-0.2, -0.15) is 14.6 Å². The third kappa shape index (κ3) is 2.64. The molecule has 0 aliphatic carbocycles. The van der Waals surface area contributed by atoms with Crippen LogP contribution >= 0.6 is 0 Å². The fourth-order valence-electron chi connectivity index (χ4n) is 1.72. The van der Waals surface area contributed by atoms with Gasteiger partial charge in [0.05, 0.1) is 20.4 Å². The van der Waals surface area contributed by atoms with Gasteiger partial charge in [0.25, 0.3) is 5.95 Å². The van der Waals surface area contributed by atoms with E-state index < -0.39 is 0 Å². The Labute approximate surface area is 120 Å². The van der Waals surface area contributed by atoms with Gasteiger partial charge in [0.1, 0.15) is 5.69 Å². The number of hydrogen-bond acceptors (Lipinski definition) is 7. The average Bonchev–Trinajstić information content (AvgIpc) is 3.05. The molecule has 3 rings (SSSR count). The summed E-state index contributed by atoms with van der Waals surface area (Å²) in [7, 11) is 2.94. The predicted molar refractivity (Wildman–Crippen MR) is 73.3 cm³/mol. The van der Waals surface area contributed by atoms with Gasteiger partial charge in [0.2, 0.25) is 0 Å². The van der Waals surface area contributed by atoms with Gasteiger partial charge in [-0.15, -0.1) is 10.1 Å². The first-order valence-corrected chi connectivity index (χ1v) is 6.12. The first-order valence-electron chi connectivity index (χ1n) is 6.12. The van der Waals surface area contributed by atoms with Crippen LogP contribution in [0.1, 0.15) is 0 Å². The van der Waals surface area contributed by atoms with E-state index >= 15 is 0 Å². The molecule has 0 spiro atoms. The van der Waals surface area contributed by atoms with Crippen molar-refractivity contribution in [3.63, 3.8) is 0 Å². The molecule has 1 aromatic carbocycles. The molecule has 2 aromatic heterocycles. The van der Waals surface area contributed by atoms with Crippen molar-refractivity contribution >= 4 is 0 Å². The Kier molecular flexibility index (Phi) is 3.42. The zero-order valence-corrected chi connectivity index (χ0v) is 11.5. The number of ether oxygens (including phenoxy) is 2. The molecular weight excluding hydrogens is 272 g/mol. The van der Waals surface area contributed by atoms with Crippen molar-refractivity contribution < 1.29 is 9.47 Å². The lowest BCUT2D eigenvalue weighted by atomic mass is 10.2. The predicted octanol–water partition coefficient (Wildman–Crippen LogP) is 1.14. The minimum atomic E-state index is 0.147. The molecule has 0 unspecified atom stereocenters.